The molecule has 0 saturated carbocycles. The van der Waals surface area contributed by atoms with E-state index in [-0.39, 0.29) is 11.3 Å². The third-order valence-electron chi connectivity index (χ3n) is 4.45. The number of anilines is 1. The quantitative estimate of drug-likeness (QED) is 0.488. The van der Waals surface area contributed by atoms with Gasteiger partial charge in [0.2, 0.25) is 0 Å². The van der Waals surface area contributed by atoms with Crippen molar-refractivity contribution in [1.29, 1.82) is 0 Å². The predicted molar refractivity (Wildman–Crippen MR) is 111 cm³/mol. The van der Waals surface area contributed by atoms with Crippen LogP contribution < -0.4 is 14.8 Å². The van der Waals surface area contributed by atoms with Crippen LogP contribution in [0.1, 0.15) is 21.7 Å². The minimum atomic E-state index is -0.813. The molecule has 0 spiro atoms. The summed E-state index contributed by atoms with van der Waals surface area (Å²) in [5.74, 6) is -0.852. The molecule has 1 heterocycles. The standard InChI is InChI=1S/C21H20ClN3O4/c1-12-19(13(2)25(24-12)14-8-6-5-7-9-14)20(26)21(27)23-16-11-17(28-3)15(22)10-18(16)29-4/h5-11H,1-4H3,(H,23,27). The second-order valence-electron chi connectivity index (χ2n) is 6.26. The number of ether oxygens (including phenoxy) is 2. The minimum absolute atomic E-state index is 0.256. The van der Waals surface area contributed by atoms with Crippen molar-refractivity contribution >= 4 is 29.0 Å². The van der Waals surface area contributed by atoms with E-state index in [1.807, 2.05) is 30.3 Å². The monoisotopic (exact) mass is 413 g/mol. The molecule has 7 nitrogen and oxygen atoms in total. The van der Waals surface area contributed by atoms with Crippen LogP contribution in [-0.4, -0.2) is 35.7 Å². The van der Waals surface area contributed by atoms with Crippen molar-refractivity contribution in [3.63, 3.8) is 0 Å². The maximum Gasteiger partial charge on any atom is 0.297 e. The largest absolute Gasteiger partial charge is 0.495 e. The zero-order valence-electron chi connectivity index (χ0n) is 16.4. The molecular formula is C21H20ClN3O4. The van der Waals surface area contributed by atoms with Crippen molar-refractivity contribution in [2.45, 2.75) is 13.8 Å². The lowest BCUT2D eigenvalue weighted by Gasteiger charge is -2.13. The first kappa shape index (κ1) is 20.4. The number of methoxy groups -OCH3 is 2. The molecule has 3 rings (SSSR count). The van der Waals surface area contributed by atoms with E-state index in [9.17, 15) is 9.59 Å². The van der Waals surface area contributed by atoms with Gasteiger partial charge < -0.3 is 14.8 Å². The van der Waals surface area contributed by atoms with Crippen molar-refractivity contribution in [3.8, 4) is 17.2 Å². The van der Waals surface area contributed by atoms with Gasteiger partial charge in [0.1, 0.15) is 11.5 Å². The van der Waals surface area contributed by atoms with E-state index in [1.54, 1.807) is 18.5 Å². The summed E-state index contributed by atoms with van der Waals surface area (Å²) in [4.78, 5) is 25.6. The fourth-order valence-electron chi connectivity index (χ4n) is 3.04. The lowest BCUT2D eigenvalue weighted by Crippen LogP contribution is -2.24. The van der Waals surface area contributed by atoms with Crippen LogP contribution in [0, 0.1) is 13.8 Å². The fraction of sp³-hybridized carbons (Fsp3) is 0.190. The van der Waals surface area contributed by atoms with Gasteiger partial charge in [0.15, 0.2) is 0 Å². The van der Waals surface area contributed by atoms with E-state index < -0.39 is 11.7 Å². The Balaban J connectivity index is 1.92. The van der Waals surface area contributed by atoms with E-state index in [1.165, 1.54) is 26.4 Å². The molecule has 0 aliphatic rings. The van der Waals surface area contributed by atoms with Crippen LogP contribution >= 0.6 is 11.6 Å². The maximum atomic E-state index is 12.9. The molecule has 29 heavy (non-hydrogen) atoms. The summed E-state index contributed by atoms with van der Waals surface area (Å²) >= 11 is 6.08. The Bertz CT molecular complexity index is 1080. The summed E-state index contributed by atoms with van der Waals surface area (Å²) in [5.41, 5.74) is 2.38. The molecule has 0 bridgehead atoms. The van der Waals surface area contributed by atoms with Crippen molar-refractivity contribution in [1.82, 2.24) is 9.78 Å². The van der Waals surface area contributed by atoms with Crippen molar-refractivity contribution in [2.24, 2.45) is 0 Å². The normalized spacial score (nSPS) is 10.5. The molecule has 1 N–H and O–H groups in total. The number of carbonyl (C=O) groups excluding carboxylic acids is 2. The molecule has 3 aromatic rings. The third kappa shape index (κ3) is 3.95. The molecule has 8 heteroatoms. The van der Waals surface area contributed by atoms with E-state index in [4.69, 9.17) is 21.1 Å². The van der Waals surface area contributed by atoms with Crippen LogP contribution in [0.5, 0.6) is 11.5 Å². The highest BCUT2D eigenvalue weighted by Gasteiger charge is 2.26. The van der Waals surface area contributed by atoms with Gasteiger partial charge >= 0.3 is 0 Å². The molecular weight excluding hydrogens is 394 g/mol. The van der Waals surface area contributed by atoms with Crippen molar-refractivity contribution in [3.05, 3.63) is 64.4 Å². The Labute approximate surface area is 173 Å². The Kier molecular flexibility index (Phi) is 5.89. The third-order valence-corrected chi connectivity index (χ3v) is 4.74. The summed E-state index contributed by atoms with van der Waals surface area (Å²) in [6.07, 6.45) is 0. The van der Waals surface area contributed by atoms with Gasteiger partial charge in [-0.2, -0.15) is 5.10 Å². The number of rotatable bonds is 6. The smallest absolute Gasteiger partial charge is 0.297 e. The van der Waals surface area contributed by atoms with Crippen LogP contribution in [0.4, 0.5) is 5.69 Å². The molecule has 0 saturated heterocycles. The molecule has 0 atom stereocenters. The summed E-state index contributed by atoms with van der Waals surface area (Å²) in [5, 5.41) is 7.32. The number of carbonyl (C=O) groups is 2. The predicted octanol–water partition coefficient (Wildman–Crippen LogP) is 3.98. The minimum Gasteiger partial charge on any atom is -0.495 e. The first-order valence-corrected chi connectivity index (χ1v) is 9.14. The molecule has 0 aliphatic heterocycles. The summed E-state index contributed by atoms with van der Waals surface area (Å²) in [7, 11) is 2.89. The highest BCUT2D eigenvalue weighted by Crippen LogP contribution is 2.36. The average molecular weight is 414 g/mol. The highest BCUT2D eigenvalue weighted by molar-refractivity contribution is 6.47. The summed E-state index contributed by atoms with van der Waals surface area (Å²) in [6.45, 7) is 3.44. The van der Waals surface area contributed by atoms with E-state index in [2.05, 4.69) is 10.4 Å². The van der Waals surface area contributed by atoms with Crippen LogP contribution in [0.3, 0.4) is 0 Å². The van der Waals surface area contributed by atoms with Crippen molar-refractivity contribution < 1.29 is 19.1 Å². The van der Waals surface area contributed by atoms with E-state index in [0.29, 0.717) is 27.9 Å². The number of hydrogen-bond acceptors (Lipinski definition) is 5. The van der Waals surface area contributed by atoms with Crippen LogP contribution in [0.25, 0.3) is 5.69 Å². The zero-order chi connectivity index (χ0) is 21.1. The molecule has 1 aromatic heterocycles. The number of nitrogens with zero attached hydrogens (tertiary/aromatic N) is 2. The number of aromatic nitrogens is 2. The van der Waals surface area contributed by atoms with E-state index >= 15 is 0 Å². The number of ketones is 1. The topological polar surface area (TPSA) is 82.5 Å². The first-order chi connectivity index (χ1) is 13.9. The molecule has 0 fully saturated rings. The second kappa shape index (κ2) is 8.36. The highest BCUT2D eigenvalue weighted by atomic mass is 35.5. The molecule has 2 aromatic carbocycles. The Morgan fingerprint density at radius 3 is 2.31 bits per heavy atom. The average Bonchev–Trinajstić information content (AvgIpc) is 3.02. The van der Waals surface area contributed by atoms with Crippen LogP contribution in [0.2, 0.25) is 5.02 Å². The number of hydrogen-bond donors (Lipinski definition) is 1. The van der Waals surface area contributed by atoms with E-state index in [0.717, 1.165) is 5.69 Å². The first-order valence-electron chi connectivity index (χ1n) is 8.76. The van der Waals surface area contributed by atoms with Gasteiger partial charge in [-0.05, 0) is 26.0 Å². The lowest BCUT2D eigenvalue weighted by atomic mass is 10.1. The number of amides is 1. The van der Waals surface area contributed by atoms with Gasteiger partial charge in [0.25, 0.3) is 11.7 Å². The van der Waals surface area contributed by atoms with Gasteiger partial charge in [0.05, 0.1) is 47.6 Å². The second-order valence-corrected chi connectivity index (χ2v) is 6.67. The number of halogens is 1. The number of benzene rings is 2. The fourth-order valence-corrected chi connectivity index (χ4v) is 3.27. The molecule has 0 radical (unpaired) electrons. The van der Waals surface area contributed by atoms with Gasteiger partial charge in [0, 0.05) is 12.1 Å². The number of Topliss-reactive ketones (excluding diaryl/α,β-unsaturated/α-hetero) is 1. The molecule has 0 aliphatic carbocycles. The van der Waals surface area contributed by atoms with Crippen molar-refractivity contribution in [2.75, 3.05) is 19.5 Å². The Morgan fingerprint density at radius 2 is 1.69 bits per heavy atom. The molecule has 0 unspecified atom stereocenters. The van der Waals surface area contributed by atoms with Crippen LogP contribution in [-0.2, 0) is 4.79 Å². The molecule has 150 valence electrons. The summed E-state index contributed by atoms with van der Waals surface area (Å²) in [6, 6.07) is 12.4. The lowest BCUT2D eigenvalue weighted by molar-refractivity contribution is -0.112. The maximum absolute atomic E-state index is 12.9. The van der Waals surface area contributed by atoms with Gasteiger partial charge in [-0.3, -0.25) is 9.59 Å². The zero-order valence-corrected chi connectivity index (χ0v) is 17.2. The number of aryl methyl sites for hydroxylation is 1. The van der Waals surface area contributed by atoms with Gasteiger partial charge in [-0.1, -0.05) is 29.8 Å². The van der Waals surface area contributed by atoms with Crippen LogP contribution in [0.15, 0.2) is 42.5 Å². The summed E-state index contributed by atoms with van der Waals surface area (Å²) < 4.78 is 12.0. The van der Waals surface area contributed by atoms with Gasteiger partial charge in [-0.25, -0.2) is 4.68 Å². The number of nitrogens with one attached hydrogen (secondary N) is 1. The SMILES string of the molecule is COc1cc(NC(=O)C(=O)c2c(C)nn(-c3ccccc3)c2C)c(OC)cc1Cl. The Hall–Kier alpha value is -3.32. The molecule has 1 amide bonds. The Morgan fingerprint density at radius 1 is 1.03 bits per heavy atom. The van der Waals surface area contributed by atoms with Gasteiger partial charge in [-0.15, -0.1) is 0 Å². The number of para-hydroxylation sites is 1.